The van der Waals surface area contributed by atoms with Crippen molar-refractivity contribution in [1.82, 2.24) is 5.32 Å². The lowest BCUT2D eigenvalue weighted by Gasteiger charge is -2.11. The van der Waals surface area contributed by atoms with E-state index in [1.165, 1.54) is 30.3 Å². The van der Waals surface area contributed by atoms with Crippen LogP contribution in [0.3, 0.4) is 0 Å². The summed E-state index contributed by atoms with van der Waals surface area (Å²) >= 11 is 0. The highest BCUT2D eigenvalue weighted by Crippen LogP contribution is 2.26. The molecule has 27 heavy (non-hydrogen) atoms. The fourth-order valence-electron chi connectivity index (χ4n) is 2.56. The Balaban J connectivity index is 1.87. The summed E-state index contributed by atoms with van der Waals surface area (Å²) in [6.45, 7) is 0. The van der Waals surface area contributed by atoms with Gasteiger partial charge in [-0.3, -0.25) is 4.79 Å². The van der Waals surface area contributed by atoms with E-state index in [1.54, 1.807) is 36.4 Å². The van der Waals surface area contributed by atoms with Gasteiger partial charge in [0.2, 0.25) is 0 Å². The smallest absolute Gasteiger partial charge is 0.258 e. The third kappa shape index (κ3) is 4.03. The topological polar surface area (TPSA) is 63.2 Å². The summed E-state index contributed by atoms with van der Waals surface area (Å²) < 4.78 is 53.3. The normalized spacial score (nSPS) is 11.2. The Kier molecular flexibility index (Phi) is 5.32. The monoisotopic (exact) mass is 387 g/mol. The number of amides is 1. The van der Waals surface area contributed by atoms with Crippen molar-refractivity contribution < 1.29 is 22.0 Å². The summed E-state index contributed by atoms with van der Waals surface area (Å²) in [5, 5.41) is 2.09. The van der Waals surface area contributed by atoms with Gasteiger partial charge in [-0.2, -0.15) is 0 Å². The second-order valence-corrected chi connectivity index (χ2v) is 7.72. The molecule has 0 bridgehead atoms. The van der Waals surface area contributed by atoms with Gasteiger partial charge in [0.05, 0.1) is 4.90 Å². The number of hydrogen-bond acceptors (Lipinski definition) is 3. The minimum Gasteiger partial charge on any atom is -0.337 e. The fourth-order valence-corrected chi connectivity index (χ4v) is 3.62. The molecule has 0 heterocycles. The second kappa shape index (κ2) is 7.67. The minimum atomic E-state index is -3.83. The highest BCUT2D eigenvalue weighted by Gasteiger charge is 2.23. The molecule has 0 aliphatic carbocycles. The Labute approximate surface area is 155 Å². The Hall–Kier alpha value is -3.06. The maximum Gasteiger partial charge on any atom is 0.258 e. The molecule has 0 spiro atoms. The summed E-state index contributed by atoms with van der Waals surface area (Å²) in [4.78, 5) is 12.3. The molecule has 0 saturated carbocycles. The predicted molar refractivity (Wildman–Crippen MR) is 97.8 cm³/mol. The van der Waals surface area contributed by atoms with Gasteiger partial charge in [-0.25, -0.2) is 17.2 Å². The van der Waals surface area contributed by atoms with Crippen LogP contribution in [0.15, 0.2) is 77.7 Å². The van der Waals surface area contributed by atoms with Crippen molar-refractivity contribution in [2.24, 2.45) is 0 Å². The summed E-state index contributed by atoms with van der Waals surface area (Å²) in [5.41, 5.74) is -0.298. The van der Waals surface area contributed by atoms with E-state index in [0.717, 1.165) is 6.07 Å². The highest BCUT2D eigenvalue weighted by molar-refractivity contribution is 7.91. The van der Waals surface area contributed by atoms with Gasteiger partial charge in [-0.1, -0.05) is 48.5 Å². The van der Waals surface area contributed by atoms with Crippen LogP contribution < -0.4 is 5.32 Å². The zero-order chi connectivity index (χ0) is 19.4. The van der Waals surface area contributed by atoms with Gasteiger partial charge in [0.15, 0.2) is 9.84 Å². The summed E-state index contributed by atoms with van der Waals surface area (Å²) in [5.74, 6) is -4.02. The van der Waals surface area contributed by atoms with Crippen molar-refractivity contribution in [2.45, 2.75) is 4.90 Å². The van der Waals surface area contributed by atoms with Gasteiger partial charge < -0.3 is 5.32 Å². The van der Waals surface area contributed by atoms with E-state index in [0.29, 0.717) is 5.56 Å². The fraction of sp³-hybridized carbons (Fsp3) is 0.0500. The molecule has 0 fully saturated rings. The first-order valence-corrected chi connectivity index (χ1v) is 9.65. The maximum absolute atomic E-state index is 14.8. The molecule has 0 saturated heterocycles. The molecule has 0 aliphatic rings. The molecule has 3 rings (SSSR count). The highest BCUT2D eigenvalue weighted by atomic mass is 32.2. The number of nitrogens with one attached hydrogen (secondary N) is 1. The van der Waals surface area contributed by atoms with Crippen LogP contribution in [0.5, 0.6) is 0 Å². The molecule has 0 aromatic heterocycles. The van der Waals surface area contributed by atoms with Crippen molar-refractivity contribution in [1.29, 1.82) is 0 Å². The lowest BCUT2D eigenvalue weighted by Crippen LogP contribution is -2.31. The molecule has 0 atom stereocenters. The number of carbonyl (C=O) groups is 1. The van der Waals surface area contributed by atoms with E-state index in [9.17, 15) is 22.0 Å². The first-order valence-electron chi connectivity index (χ1n) is 7.99. The largest absolute Gasteiger partial charge is 0.337 e. The number of sulfone groups is 1. The Morgan fingerprint density at radius 1 is 0.852 bits per heavy atom. The van der Waals surface area contributed by atoms with Crippen molar-refractivity contribution >= 4 is 15.7 Å². The van der Waals surface area contributed by atoms with Gasteiger partial charge in [-0.05, 0) is 29.8 Å². The number of carbonyl (C=O) groups excluding carboxylic acids is 1. The molecular formula is C20H15F2NO3S. The molecule has 0 aliphatic heterocycles. The van der Waals surface area contributed by atoms with E-state index in [-0.39, 0.29) is 10.5 Å². The molecule has 0 radical (unpaired) electrons. The first kappa shape index (κ1) is 18.7. The lowest BCUT2D eigenvalue weighted by molar-refractivity contribution is 0.0951. The molecular weight excluding hydrogens is 372 g/mol. The third-order valence-electron chi connectivity index (χ3n) is 3.93. The van der Waals surface area contributed by atoms with E-state index < -0.39 is 38.8 Å². The average Bonchev–Trinajstić information content (AvgIpc) is 2.68. The van der Waals surface area contributed by atoms with Crippen LogP contribution in [0.2, 0.25) is 0 Å². The van der Waals surface area contributed by atoms with Crippen LogP contribution in [0.4, 0.5) is 8.78 Å². The first-order chi connectivity index (χ1) is 12.9. The van der Waals surface area contributed by atoms with Crippen LogP contribution in [0, 0.1) is 11.6 Å². The molecule has 3 aromatic carbocycles. The number of halogens is 2. The quantitative estimate of drug-likeness (QED) is 0.724. The van der Waals surface area contributed by atoms with Crippen LogP contribution in [0.1, 0.15) is 10.4 Å². The zero-order valence-corrected chi connectivity index (χ0v) is 14.8. The minimum absolute atomic E-state index is 0.00396. The molecule has 1 amide bonds. The molecule has 7 heteroatoms. The second-order valence-electron chi connectivity index (χ2n) is 5.73. The van der Waals surface area contributed by atoms with Gasteiger partial charge in [-0.15, -0.1) is 0 Å². The summed E-state index contributed by atoms with van der Waals surface area (Å²) in [6, 6.07) is 18.0. The Morgan fingerprint density at radius 3 is 2.07 bits per heavy atom. The van der Waals surface area contributed by atoms with Crippen molar-refractivity contribution in [3.63, 3.8) is 0 Å². The average molecular weight is 387 g/mol. The molecule has 4 nitrogen and oxygen atoms in total. The van der Waals surface area contributed by atoms with Gasteiger partial charge in [0, 0.05) is 5.56 Å². The van der Waals surface area contributed by atoms with Gasteiger partial charge >= 0.3 is 0 Å². The molecule has 138 valence electrons. The molecule has 1 N–H and O–H groups in total. The molecule has 3 aromatic rings. The number of benzene rings is 3. The van der Waals surface area contributed by atoms with Crippen LogP contribution in [-0.4, -0.2) is 20.2 Å². The van der Waals surface area contributed by atoms with Crippen LogP contribution >= 0.6 is 0 Å². The lowest BCUT2D eigenvalue weighted by atomic mass is 10.0. The third-order valence-corrected chi connectivity index (χ3v) is 5.44. The van der Waals surface area contributed by atoms with Crippen molar-refractivity contribution in [3.8, 4) is 11.1 Å². The number of rotatable bonds is 5. The SMILES string of the molecule is O=C(NCS(=O)(=O)c1ccccc1)c1c(F)ccc(-c2ccccc2)c1F. The van der Waals surface area contributed by atoms with Crippen molar-refractivity contribution in [2.75, 3.05) is 5.88 Å². The van der Waals surface area contributed by atoms with E-state index in [2.05, 4.69) is 5.32 Å². The summed E-state index contributed by atoms with van der Waals surface area (Å²) in [6.07, 6.45) is 0. The van der Waals surface area contributed by atoms with E-state index in [1.807, 2.05) is 0 Å². The predicted octanol–water partition coefficient (Wildman–Crippen LogP) is 3.79. The Bertz CT molecular complexity index is 1070. The van der Waals surface area contributed by atoms with Crippen LogP contribution in [-0.2, 0) is 9.84 Å². The maximum atomic E-state index is 14.8. The summed E-state index contributed by atoms with van der Waals surface area (Å²) in [7, 11) is -3.83. The number of hydrogen-bond donors (Lipinski definition) is 1. The van der Waals surface area contributed by atoms with E-state index >= 15 is 0 Å². The zero-order valence-electron chi connectivity index (χ0n) is 14.0. The van der Waals surface area contributed by atoms with E-state index in [4.69, 9.17) is 0 Å². The van der Waals surface area contributed by atoms with Crippen molar-refractivity contribution in [3.05, 3.63) is 90.0 Å². The van der Waals surface area contributed by atoms with Crippen LogP contribution in [0.25, 0.3) is 11.1 Å². The van der Waals surface area contributed by atoms with Gasteiger partial charge in [0.1, 0.15) is 23.1 Å². The standard InChI is InChI=1S/C20H15F2NO3S/c21-17-12-11-16(14-7-3-1-4-8-14)19(22)18(17)20(24)23-13-27(25,26)15-9-5-2-6-10-15/h1-12H,13H2,(H,23,24). The molecule has 0 unspecified atom stereocenters. The van der Waals surface area contributed by atoms with Gasteiger partial charge in [0.25, 0.3) is 5.91 Å². The Morgan fingerprint density at radius 2 is 1.44 bits per heavy atom.